The second-order valence-electron chi connectivity index (χ2n) is 7.42. The van der Waals surface area contributed by atoms with Crippen LogP contribution >= 0.6 is 0 Å². The predicted octanol–water partition coefficient (Wildman–Crippen LogP) is -3.97. The highest BCUT2D eigenvalue weighted by Crippen LogP contribution is 2.26. The van der Waals surface area contributed by atoms with E-state index in [9.17, 15) is 35.7 Å². The van der Waals surface area contributed by atoms with E-state index in [1.54, 1.807) is 0 Å². The summed E-state index contributed by atoms with van der Waals surface area (Å²) in [5, 5.41) is 68.6. The van der Waals surface area contributed by atoms with Gasteiger partial charge in [0.15, 0.2) is 18.9 Å². The van der Waals surface area contributed by atoms with Gasteiger partial charge in [-0.1, -0.05) is 0 Å². The van der Waals surface area contributed by atoms with E-state index in [2.05, 4.69) is 0 Å². The van der Waals surface area contributed by atoms with Crippen molar-refractivity contribution in [1.82, 2.24) is 0 Å². The van der Waals surface area contributed by atoms with Crippen molar-refractivity contribution in [3.05, 3.63) is 0 Å². The van der Waals surface area contributed by atoms with Crippen LogP contribution in [0.4, 0.5) is 0 Å². The number of aliphatic hydroxyl groups is 7. The van der Waals surface area contributed by atoms with Gasteiger partial charge in [0, 0.05) is 27.2 Å². The quantitative estimate of drug-likeness (QED) is 0.117. The molecule has 0 aromatic heterocycles. The van der Waals surface area contributed by atoms with Crippen LogP contribution in [0.5, 0.6) is 0 Å². The molecule has 13 heteroatoms. The third-order valence-electron chi connectivity index (χ3n) is 5.34. The molecule has 0 aliphatic carbocycles. The largest absolute Gasteiger partial charge is 0.394 e. The molecule has 7 N–H and O–H groups in total. The average Bonchev–Trinajstić information content (AvgIpc) is 2.78. The summed E-state index contributed by atoms with van der Waals surface area (Å²) in [6, 6.07) is 0. The third kappa shape index (κ3) is 6.51. The Hall–Kier alpha value is -0.520. The maximum absolute atomic E-state index is 10.2. The highest BCUT2D eigenvalue weighted by atomic mass is 16.8. The summed E-state index contributed by atoms with van der Waals surface area (Å²) in [5.41, 5.74) is 0. The van der Waals surface area contributed by atoms with Gasteiger partial charge in [-0.15, -0.1) is 0 Å². The molecular formula is C18H34O13. The summed E-state index contributed by atoms with van der Waals surface area (Å²) >= 11 is 0. The van der Waals surface area contributed by atoms with Crippen LogP contribution in [0.2, 0.25) is 0 Å². The second kappa shape index (κ2) is 12.6. The van der Waals surface area contributed by atoms with Crippen LogP contribution in [-0.4, -0.2) is 137 Å². The highest BCUT2D eigenvalue weighted by molar-refractivity contribution is 4.90. The molecule has 2 rings (SSSR count). The minimum absolute atomic E-state index is 0.0872. The fourth-order valence-electron chi connectivity index (χ4n) is 3.49. The van der Waals surface area contributed by atoms with Crippen molar-refractivity contribution in [3.63, 3.8) is 0 Å². The minimum atomic E-state index is -1.57. The smallest absolute Gasteiger partial charge is 0.189 e. The number of rotatable bonds is 11. The van der Waals surface area contributed by atoms with E-state index >= 15 is 0 Å². The molecule has 2 fully saturated rings. The topological polar surface area (TPSA) is 197 Å². The van der Waals surface area contributed by atoms with Crippen molar-refractivity contribution in [1.29, 1.82) is 0 Å². The van der Waals surface area contributed by atoms with Crippen LogP contribution in [0.25, 0.3) is 0 Å². The van der Waals surface area contributed by atoms with Crippen molar-refractivity contribution in [2.24, 2.45) is 0 Å². The lowest BCUT2D eigenvalue weighted by atomic mass is 9.99. The molecule has 0 bridgehead atoms. The molecule has 11 atom stereocenters. The van der Waals surface area contributed by atoms with Gasteiger partial charge >= 0.3 is 0 Å². The molecule has 0 radical (unpaired) electrons. The Morgan fingerprint density at radius 3 is 1.97 bits per heavy atom. The Morgan fingerprint density at radius 1 is 0.774 bits per heavy atom. The maximum Gasteiger partial charge on any atom is 0.189 e. The lowest BCUT2D eigenvalue weighted by Crippen LogP contribution is -2.60. The molecule has 0 spiro atoms. The van der Waals surface area contributed by atoms with Gasteiger partial charge in [-0.3, -0.25) is 0 Å². The van der Waals surface area contributed by atoms with E-state index in [0.29, 0.717) is 6.42 Å². The van der Waals surface area contributed by atoms with E-state index in [4.69, 9.17) is 28.4 Å². The third-order valence-corrected chi connectivity index (χ3v) is 5.34. The zero-order valence-corrected chi connectivity index (χ0v) is 17.5. The summed E-state index contributed by atoms with van der Waals surface area (Å²) in [6.07, 6.45) is -13.0. The predicted molar refractivity (Wildman–Crippen MR) is 99.4 cm³/mol. The number of hydrogen-bond acceptors (Lipinski definition) is 13. The molecule has 0 saturated carbocycles. The Balaban J connectivity index is 1.82. The van der Waals surface area contributed by atoms with Crippen LogP contribution in [-0.2, 0) is 28.4 Å². The molecule has 2 aliphatic rings. The van der Waals surface area contributed by atoms with Crippen molar-refractivity contribution in [2.75, 3.05) is 34.0 Å². The second-order valence-corrected chi connectivity index (χ2v) is 7.42. The summed E-state index contributed by atoms with van der Waals surface area (Å²) in [4.78, 5) is 0. The molecule has 2 heterocycles. The lowest BCUT2D eigenvalue weighted by Gasteiger charge is -2.41. The first kappa shape index (κ1) is 26.7. The van der Waals surface area contributed by atoms with Gasteiger partial charge in [-0.05, 0) is 6.42 Å². The van der Waals surface area contributed by atoms with Gasteiger partial charge in [0.1, 0.15) is 48.8 Å². The van der Waals surface area contributed by atoms with Gasteiger partial charge in [0.2, 0.25) is 0 Å². The summed E-state index contributed by atoms with van der Waals surface area (Å²) < 4.78 is 31.8. The Bertz CT molecular complexity index is 507. The zero-order valence-electron chi connectivity index (χ0n) is 17.5. The van der Waals surface area contributed by atoms with Crippen LogP contribution in [0.1, 0.15) is 12.8 Å². The van der Waals surface area contributed by atoms with Crippen LogP contribution in [0.15, 0.2) is 0 Å². The van der Waals surface area contributed by atoms with Crippen LogP contribution < -0.4 is 0 Å². The van der Waals surface area contributed by atoms with E-state index in [0.717, 1.165) is 0 Å². The van der Waals surface area contributed by atoms with E-state index < -0.39 is 80.9 Å². The molecular weight excluding hydrogens is 424 g/mol. The van der Waals surface area contributed by atoms with Crippen molar-refractivity contribution in [2.45, 2.75) is 80.5 Å². The van der Waals surface area contributed by atoms with Gasteiger partial charge in [0.25, 0.3) is 0 Å². The fraction of sp³-hybridized carbons (Fsp3) is 1.00. The molecule has 184 valence electrons. The Morgan fingerprint density at radius 2 is 1.39 bits per heavy atom. The first-order valence-electron chi connectivity index (χ1n) is 10.0. The van der Waals surface area contributed by atoms with Crippen LogP contribution in [0, 0.1) is 0 Å². The van der Waals surface area contributed by atoms with Gasteiger partial charge in [0.05, 0.1) is 13.2 Å². The van der Waals surface area contributed by atoms with Gasteiger partial charge < -0.3 is 64.2 Å². The molecule has 2 aliphatic heterocycles. The zero-order chi connectivity index (χ0) is 23.1. The molecule has 0 aromatic carbocycles. The van der Waals surface area contributed by atoms with Crippen molar-refractivity contribution in [3.8, 4) is 0 Å². The SMILES string of the molecule is COC(CCCOC1C(CO)OC(OC)C(O)C1O)OC1OC(CO)C(O)C(O)C1O. The average molecular weight is 458 g/mol. The first-order chi connectivity index (χ1) is 14.8. The number of hydrogen-bond donors (Lipinski definition) is 7. The van der Waals surface area contributed by atoms with E-state index in [1.807, 2.05) is 0 Å². The normalized spacial score (nSPS) is 42.5. The van der Waals surface area contributed by atoms with Crippen molar-refractivity contribution < 1.29 is 64.2 Å². The summed E-state index contributed by atoms with van der Waals surface area (Å²) in [6.45, 7) is -0.942. The maximum atomic E-state index is 10.2. The molecule has 0 amide bonds. The molecule has 11 unspecified atom stereocenters. The lowest BCUT2D eigenvalue weighted by molar-refractivity contribution is -0.335. The van der Waals surface area contributed by atoms with Crippen LogP contribution in [0.3, 0.4) is 0 Å². The number of methoxy groups -OCH3 is 2. The summed E-state index contributed by atoms with van der Waals surface area (Å²) in [7, 11) is 2.66. The molecule has 2 saturated heterocycles. The molecule has 13 nitrogen and oxygen atoms in total. The molecule has 0 aromatic rings. The molecule has 31 heavy (non-hydrogen) atoms. The summed E-state index contributed by atoms with van der Waals surface area (Å²) in [5.74, 6) is 0. The monoisotopic (exact) mass is 458 g/mol. The number of ether oxygens (including phenoxy) is 6. The fourth-order valence-corrected chi connectivity index (χ4v) is 3.49. The number of aliphatic hydroxyl groups excluding tert-OH is 7. The minimum Gasteiger partial charge on any atom is -0.394 e. The Labute approximate surface area is 179 Å². The standard InChI is InChI=1S/C18H34O13/c1-26-10(31-18-14(24)12(22)11(21)8(6-19)29-18)4-3-5-28-16-9(7-20)30-17(27-2)15(25)13(16)23/h8-25H,3-7H2,1-2H3. The Kier molecular flexibility index (Phi) is 10.9. The van der Waals surface area contributed by atoms with E-state index in [1.165, 1.54) is 14.2 Å². The van der Waals surface area contributed by atoms with E-state index in [-0.39, 0.29) is 13.0 Å². The van der Waals surface area contributed by atoms with Crippen molar-refractivity contribution >= 4 is 0 Å². The van der Waals surface area contributed by atoms with Gasteiger partial charge in [-0.2, -0.15) is 0 Å². The van der Waals surface area contributed by atoms with Gasteiger partial charge in [-0.25, -0.2) is 0 Å². The first-order valence-corrected chi connectivity index (χ1v) is 10.0. The highest BCUT2D eigenvalue weighted by Gasteiger charge is 2.46.